The zero-order valence-corrected chi connectivity index (χ0v) is 14.4. The first-order valence-electron chi connectivity index (χ1n) is 8.08. The summed E-state index contributed by atoms with van der Waals surface area (Å²) in [6.07, 6.45) is 1.34. The Morgan fingerprint density at radius 2 is 1.54 bits per heavy atom. The Morgan fingerprint density at radius 3 is 1.96 bits per heavy atom. The molecule has 0 radical (unpaired) electrons. The average Bonchev–Trinajstić information content (AvgIpc) is 3.22. The molecule has 8 heteroatoms. The molecule has 2 fully saturated rings. The Bertz CT molecular complexity index is 556. The van der Waals surface area contributed by atoms with Gasteiger partial charge >= 0.3 is 0 Å². The number of aliphatic hydroxyl groups is 2. The minimum absolute atomic E-state index is 0.0875. The Hall–Kier alpha value is -1.03. The number of sulfonamides is 1. The monoisotopic (exact) mass is 359 g/mol. The van der Waals surface area contributed by atoms with E-state index in [2.05, 4.69) is 0 Å². The maximum atomic E-state index is 12.4. The molecule has 2 heterocycles. The highest BCUT2D eigenvalue weighted by Gasteiger charge is 2.34. The van der Waals surface area contributed by atoms with Crippen LogP contribution >= 0.6 is 0 Å². The van der Waals surface area contributed by atoms with E-state index in [1.807, 2.05) is 0 Å². The van der Waals surface area contributed by atoms with Crippen molar-refractivity contribution < 1.29 is 28.1 Å². The highest BCUT2D eigenvalue weighted by Crippen LogP contribution is 2.20. The van der Waals surface area contributed by atoms with Gasteiger partial charge in [0.1, 0.15) is 0 Å². The van der Waals surface area contributed by atoms with Crippen molar-refractivity contribution in [3.05, 3.63) is 30.3 Å². The van der Waals surface area contributed by atoms with Crippen LogP contribution in [0.15, 0.2) is 35.2 Å². The second kappa shape index (κ2) is 9.45. The molecule has 0 saturated carbocycles. The first-order chi connectivity index (χ1) is 11.6. The minimum Gasteiger partial charge on any atom is -0.394 e. The van der Waals surface area contributed by atoms with Gasteiger partial charge in [0, 0.05) is 26.3 Å². The van der Waals surface area contributed by atoms with Crippen molar-refractivity contribution in [1.82, 2.24) is 4.31 Å². The second-order valence-electron chi connectivity index (χ2n) is 5.70. The van der Waals surface area contributed by atoms with Crippen molar-refractivity contribution in [2.24, 2.45) is 0 Å². The van der Waals surface area contributed by atoms with Crippen molar-refractivity contribution in [3.8, 4) is 0 Å². The summed E-state index contributed by atoms with van der Waals surface area (Å²) in [6.45, 7) is 1.61. The summed E-state index contributed by atoms with van der Waals surface area (Å²) < 4.78 is 36.4. The van der Waals surface area contributed by atoms with E-state index in [1.54, 1.807) is 18.2 Å². The third-order valence-corrected chi connectivity index (χ3v) is 5.66. The molecule has 1 aromatic rings. The molecular weight excluding hydrogens is 334 g/mol. The quantitative estimate of drug-likeness (QED) is 0.799. The molecule has 2 unspecified atom stereocenters. The first kappa shape index (κ1) is 19.3. The maximum Gasteiger partial charge on any atom is 0.243 e. The summed E-state index contributed by atoms with van der Waals surface area (Å²) in [7, 11) is -3.62. The third-order valence-electron chi connectivity index (χ3n) is 3.82. The van der Waals surface area contributed by atoms with Crippen LogP contribution in [-0.4, -0.2) is 74.7 Å². The van der Waals surface area contributed by atoms with Crippen LogP contribution in [0.25, 0.3) is 0 Å². The molecular formula is C16H25NO6S. The molecule has 2 aliphatic heterocycles. The standard InChI is InChI=1S/C12H17NO5S.C4H8O/c14-8-10-6-13(7-11(9-15)18-10)19(16,17)12-4-2-1-3-5-12;1-2-4-5-3-1/h1-5,10-11,14-15H,6-9H2;1-4H2. The summed E-state index contributed by atoms with van der Waals surface area (Å²) in [6, 6.07) is 8.09. The lowest BCUT2D eigenvalue weighted by Gasteiger charge is -2.35. The van der Waals surface area contributed by atoms with Crippen LogP contribution in [0.5, 0.6) is 0 Å². The lowest BCUT2D eigenvalue weighted by atomic mass is 10.2. The van der Waals surface area contributed by atoms with Crippen molar-refractivity contribution in [2.45, 2.75) is 29.9 Å². The van der Waals surface area contributed by atoms with E-state index < -0.39 is 22.2 Å². The summed E-state index contributed by atoms with van der Waals surface area (Å²) in [5, 5.41) is 18.3. The van der Waals surface area contributed by atoms with Gasteiger partial charge in [0.2, 0.25) is 10.0 Å². The Kier molecular flexibility index (Phi) is 7.60. The van der Waals surface area contributed by atoms with Gasteiger partial charge in [0.15, 0.2) is 0 Å². The number of morpholine rings is 1. The molecule has 0 spiro atoms. The van der Waals surface area contributed by atoms with Crippen LogP contribution < -0.4 is 0 Å². The van der Waals surface area contributed by atoms with Crippen LogP contribution in [0.3, 0.4) is 0 Å². The predicted molar refractivity (Wildman–Crippen MR) is 88.1 cm³/mol. The van der Waals surface area contributed by atoms with Gasteiger partial charge in [-0.05, 0) is 25.0 Å². The van der Waals surface area contributed by atoms with Gasteiger partial charge in [0.05, 0.1) is 30.3 Å². The van der Waals surface area contributed by atoms with Crippen molar-refractivity contribution in [2.75, 3.05) is 39.5 Å². The molecule has 0 bridgehead atoms. The number of benzene rings is 1. The van der Waals surface area contributed by atoms with Gasteiger partial charge in [-0.3, -0.25) is 0 Å². The molecule has 136 valence electrons. The fourth-order valence-corrected chi connectivity index (χ4v) is 4.06. The van der Waals surface area contributed by atoms with E-state index >= 15 is 0 Å². The van der Waals surface area contributed by atoms with E-state index in [0.29, 0.717) is 0 Å². The Balaban J connectivity index is 0.000000355. The van der Waals surface area contributed by atoms with E-state index in [-0.39, 0.29) is 31.2 Å². The molecule has 1 aromatic carbocycles. The van der Waals surface area contributed by atoms with Gasteiger partial charge < -0.3 is 19.7 Å². The van der Waals surface area contributed by atoms with E-state index in [1.165, 1.54) is 29.3 Å². The summed E-state index contributed by atoms with van der Waals surface area (Å²) >= 11 is 0. The van der Waals surface area contributed by atoms with E-state index in [4.69, 9.17) is 19.7 Å². The van der Waals surface area contributed by atoms with Crippen LogP contribution in [-0.2, 0) is 19.5 Å². The number of rotatable bonds is 4. The van der Waals surface area contributed by atoms with Gasteiger partial charge in [0.25, 0.3) is 0 Å². The van der Waals surface area contributed by atoms with Gasteiger partial charge in [-0.25, -0.2) is 8.42 Å². The van der Waals surface area contributed by atoms with Crippen LogP contribution in [0.2, 0.25) is 0 Å². The molecule has 3 rings (SSSR count). The predicted octanol–water partition coefficient (Wildman–Crippen LogP) is 0.226. The molecule has 0 aliphatic carbocycles. The molecule has 2 atom stereocenters. The first-order valence-corrected chi connectivity index (χ1v) is 9.52. The fraction of sp³-hybridized carbons (Fsp3) is 0.625. The van der Waals surface area contributed by atoms with E-state index in [0.717, 1.165) is 13.2 Å². The normalized spacial score (nSPS) is 25.1. The molecule has 2 N–H and O–H groups in total. The van der Waals surface area contributed by atoms with Crippen LogP contribution in [0.4, 0.5) is 0 Å². The van der Waals surface area contributed by atoms with Crippen molar-refractivity contribution in [3.63, 3.8) is 0 Å². The molecule has 2 saturated heterocycles. The van der Waals surface area contributed by atoms with Gasteiger partial charge in [-0.1, -0.05) is 18.2 Å². The molecule has 7 nitrogen and oxygen atoms in total. The topological polar surface area (TPSA) is 96.3 Å². The van der Waals surface area contributed by atoms with Gasteiger partial charge in [-0.2, -0.15) is 4.31 Å². The number of hydrogen-bond donors (Lipinski definition) is 2. The van der Waals surface area contributed by atoms with Crippen LogP contribution in [0.1, 0.15) is 12.8 Å². The maximum absolute atomic E-state index is 12.4. The Labute approximate surface area is 142 Å². The van der Waals surface area contributed by atoms with Crippen molar-refractivity contribution >= 4 is 10.0 Å². The largest absolute Gasteiger partial charge is 0.394 e. The lowest BCUT2D eigenvalue weighted by Crippen LogP contribution is -2.52. The third kappa shape index (κ3) is 5.23. The highest BCUT2D eigenvalue weighted by molar-refractivity contribution is 7.89. The number of nitrogens with zero attached hydrogens (tertiary/aromatic N) is 1. The van der Waals surface area contributed by atoms with Crippen molar-refractivity contribution in [1.29, 1.82) is 0 Å². The Morgan fingerprint density at radius 1 is 1.00 bits per heavy atom. The molecule has 24 heavy (non-hydrogen) atoms. The number of ether oxygens (including phenoxy) is 2. The fourth-order valence-electron chi connectivity index (χ4n) is 2.54. The number of aliphatic hydroxyl groups excluding tert-OH is 2. The summed E-state index contributed by atoms with van der Waals surface area (Å²) in [4.78, 5) is 0.199. The van der Waals surface area contributed by atoms with Crippen LogP contribution in [0, 0.1) is 0 Å². The molecule has 0 amide bonds. The summed E-state index contributed by atoms with van der Waals surface area (Å²) in [5.74, 6) is 0. The second-order valence-corrected chi connectivity index (χ2v) is 7.64. The van der Waals surface area contributed by atoms with E-state index in [9.17, 15) is 8.42 Å². The minimum atomic E-state index is -3.62. The lowest BCUT2D eigenvalue weighted by molar-refractivity contribution is -0.0996. The zero-order valence-electron chi connectivity index (χ0n) is 13.6. The zero-order chi connectivity index (χ0) is 17.4. The summed E-state index contributed by atoms with van der Waals surface area (Å²) in [5.41, 5.74) is 0. The van der Waals surface area contributed by atoms with Gasteiger partial charge in [-0.15, -0.1) is 0 Å². The smallest absolute Gasteiger partial charge is 0.243 e. The number of hydrogen-bond acceptors (Lipinski definition) is 6. The molecule has 0 aromatic heterocycles. The average molecular weight is 359 g/mol. The highest BCUT2D eigenvalue weighted by atomic mass is 32.2. The molecule has 2 aliphatic rings. The SMILES string of the molecule is C1CCOC1.O=S(=O)(c1ccccc1)N1CC(CO)OC(CO)C1.